The summed E-state index contributed by atoms with van der Waals surface area (Å²) in [7, 11) is 0. The molecule has 0 unspecified atom stereocenters. The molecule has 3 rings (SSSR count). The summed E-state index contributed by atoms with van der Waals surface area (Å²) in [5, 5.41) is 16.3. The average Bonchev–Trinajstić information content (AvgIpc) is 3.23. The van der Waals surface area contributed by atoms with Crippen molar-refractivity contribution in [2.75, 3.05) is 19.8 Å². The van der Waals surface area contributed by atoms with E-state index in [1.165, 1.54) is 4.88 Å². The van der Waals surface area contributed by atoms with Crippen molar-refractivity contribution in [2.45, 2.75) is 46.6 Å². The summed E-state index contributed by atoms with van der Waals surface area (Å²) in [6, 6.07) is 15.4. The maximum absolute atomic E-state index is 8.70. The molecular weight excluding hydrogens is 460 g/mol. The molecule has 0 fully saturated rings. The average molecular weight is 497 g/mol. The summed E-state index contributed by atoms with van der Waals surface area (Å²) in [6.45, 7) is 9.65. The molecule has 188 valence electrons. The van der Waals surface area contributed by atoms with Gasteiger partial charge < -0.3 is 25.7 Å². The van der Waals surface area contributed by atoms with Crippen LogP contribution in [0.5, 0.6) is 11.5 Å². The summed E-state index contributed by atoms with van der Waals surface area (Å²) in [4.78, 5) is 6.03. The predicted octanol–water partition coefficient (Wildman–Crippen LogP) is 5.59. The Bertz CT molecular complexity index is 1060. The fourth-order valence-corrected chi connectivity index (χ4v) is 4.47. The lowest BCUT2D eigenvalue weighted by molar-refractivity contribution is 0.279. The van der Waals surface area contributed by atoms with Crippen LogP contribution in [0.2, 0.25) is 0 Å². The summed E-state index contributed by atoms with van der Waals surface area (Å²) in [5.41, 5.74) is 8.41. The Hall–Kier alpha value is -3.10. The van der Waals surface area contributed by atoms with Crippen molar-refractivity contribution in [3.05, 3.63) is 64.0 Å². The first-order chi connectivity index (χ1) is 17.0. The van der Waals surface area contributed by atoms with Gasteiger partial charge in [0.15, 0.2) is 5.84 Å². The van der Waals surface area contributed by atoms with Gasteiger partial charge >= 0.3 is 0 Å². The van der Waals surface area contributed by atoms with Crippen LogP contribution in [0.4, 0.5) is 0 Å². The number of thiazole rings is 1. The highest BCUT2D eigenvalue weighted by Gasteiger charge is 2.11. The molecule has 0 atom stereocenters. The van der Waals surface area contributed by atoms with Crippen LogP contribution in [-0.4, -0.2) is 35.8 Å². The van der Waals surface area contributed by atoms with Crippen LogP contribution in [-0.2, 0) is 6.54 Å². The van der Waals surface area contributed by atoms with E-state index in [4.69, 9.17) is 25.4 Å². The van der Waals surface area contributed by atoms with Crippen molar-refractivity contribution in [3.8, 4) is 22.8 Å². The number of nitrogens with zero attached hydrogens (tertiary/aromatic N) is 2. The van der Waals surface area contributed by atoms with Crippen LogP contribution >= 0.6 is 11.3 Å². The minimum atomic E-state index is 0.0866. The van der Waals surface area contributed by atoms with Gasteiger partial charge in [0.05, 0.1) is 23.9 Å². The zero-order chi connectivity index (χ0) is 25.0. The van der Waals surface area contributed by atoms with E-state index in [-0.39, 0.29) is 5.84 Å². The first-order valence-electron chi connectivity index (χ1n) is 12.1. The van der Waals surface area contributed by atoms with Gasteiger partial charge in [0.1, 0.15) is 11.5 Å². The Labute approximate surface area is 212 Å². The molecule has 7 nitrogen and oxygen atoms in total. The van der Waals surface area contributed by atoms with Crippen LogP contribution in [0, 0.1) is 12.8 Å². The highest BCUT2D eigenvalue weighted by molar-refractivity contribution is 7.12. The molecule has 0 saturated carbocycles. The van der Waals surface area contributed by atoms with Crippen molar-refractivity contribution in [1.29, 1.82) is 0 Å². The van der Waals surface area contributed by atoms with Crippen LogP contribution < -0.4 is 20.5 Å². The lowest BCUT2D eigenvalue weighted by Gasteiger charge is -2.09. The maximum atomic E-state index is 8.70. The molecule has 1 aromatic heterocycles. The van der Waals surface area contributed by atoms with Gasteiger partial charge in [-0.2, -0.15) is 0 Å². The Balaban J connectivity index is 1.36. The highest BCUT2D eigenvalue weighted by Crippen LogP contribution is 2.29. The smallest absolute Gasteiger partial charge is 0.170 e. The molecule has 0 aliphatic rings. The van der Waals surface area contributed by atoms with E-state index in [1.807, 2.05) is 24.3 Å². The van der Waals surface area contributed by atoms with Gasteiger partial charge in [0, 0.05) is 22.5 Å². The lowest BCUT2D eigenvalue weighted by atomic mass is 10.1. The molecule has 35 heavy (non-hydrogen) atoms. The number of unbranched alkanes of at least 4 members (excludes halogenated alkanes) is 2. The second kappa shape index (κ2) is 13.7. The standard InChI is InChI=1S/C27H36N4O3S/c1-19(2)17-29-18-25-26(30-20(3)35-25)21-7-11-23(12-8-21)33-15-5-4-6-16-34-24-13-9-22(10-14-24)27(28)31-32/h7-14,19,29,32H,4-6,15-18H2,1-3H3,(H2,28,31). The molecule has 8 heteroatoms. The Morgan fingerprint density at radius 1 is 1.00 bits per heavy atom. The normalized spacial score (nSPS) is 11.7. The first kappa shape index (κ1) is 26.5. The number of nitrogens with two attached hydrogens (primary N) is 1. The van der Waals surface area contributed by atoms with Gasteiger partial charge in [-0.3, -0.25) is 0 Å². The second-order valence-corrected chi connectivity index (χ2v) is 10.1. The van der Waals surface area contributed by atoms with Crippen LogP contribution in [0.15, 0.2) is 53.7 Å². The molecule has 0 spiro atoms. The number of aryl methyl sites for hydroxylation is 1. The molecule has 0 amide bonds. The zero-order valence-corrected chi connectivity index (χ0v) is 21.6. The third-order valence-corrected chi connectivity index (χ3v) is 6.32. The number of hydrogen-bond donors (Lipinski definition) is 3. The summed E-state index contributed by atoms with van der Waals surface area (Å²) < 4.78 is 11.7. The fourth-order valence-electron chi connectivity index (χ4n) is 3.54. The van der Waals surface area contributed by atoms with Gasteiger partial charge in [0.2, 0.25) is 0 Å². The number of amidine groups is 1. The van der Waals surface area contributed by atoms with Crippen LogP contribution in [0.25, 0.3) is 11.3 Å². The largest absolute Gasteiger partial charge is 0.494 e. The van der Waals surface area contributed by atoms with Crippen molar-refractivity contribution in [3.63, 3.8) is 0 Å². The molecular formula is C27H36N4O3S. The van der Waals surface area contributed by atoms with E-state index in [0.29, 0.717) is 24.7 Å². The molecule has 0 radical (unpaired) electrons. The summed E-state index contributed by atoms with van der Waals surface area (Å²) >= 11 is 1.76. The van der Waals surface area contributed by atoms with Crippen LogP contribution in [0.1, 0.15) is 48.6 Å². The fraction of sp³-hybridized carbons (Fsp3) is 0.407. The minimum absolute atomic E-state index is 0.0866. The number of aromatic nitrogens is 1. The van der Waals surface area contributed by atoms with E-state index < -0.39 is 0 Å². The van der Waals surface area contributed by atoms with Gasteiger partial charge in [0.25, 0.3) is 0 Å². The number of oxime groups is 1. The number of ether oxygens (including phenoxy) is 2. The number of hydrogen-bond acceptors (Lipinski definition) is 7. The molecule has 0 aliphatic carbocycles. The predicted molar refractivity (Wildman–Crippen MR) is 143 cm³/mol. The molecule has 0 aliphatic heterocycles. The van der Waals surface area contributed by atoms with E-state index >= 15 is 0 Å². The lowest BCUT2D eigenvalue weighted by Crippen LogP contribution is -2.18. The monoisotopic (exact) mass is 496 g/mol. The quantitative estimate of drug-likeness (QED) is 0.0884. The van der Waals surface area contributed by atoms with Crippen molar-refractivity contribution >= 4 is 17.2 Å². The number of benzene rings is 2. The molecule has 3 aromatic rings. The topological polar surface area (TPSA) is 102 Å². The van der Waals surface area contributed by atoms with Crippen LogP contribution in [0.3, 0.4) is 0 Å². The number of nitrogens with one attached hydrogen (secondary N) is 1. The Kier molecular flexibility index (Phi) is 10.4. The molecule has 0 bridgehead atoms. The first-order valence-corrected chi connectivity index (χ1v) is 12.9. The van der Waals surface area contributed by atoms with Crippen molar-refractivity contribution in [1.82, 2.24) is 10.3 Å². The Morgan fingerprint density at radius 2 is 1.60 bits per heavy atom. The molecule has 4 N–H and O–H groups in total. The zero-order valence-electron chi connectivity index (χ0n) is 20.8. The van der Waals surface area contributed by atoms with Gasteiger partial charge in [-0.1, -0.05) is 19.0 Å². The third-order valence-electron chi connectivity index (χ3n) is 5.35. The highest BCUT2D eigenvalue weighted by atomic mass is 32.1. The van der Waals surface area contributed by atoms with E-state index in [1.54, 1.807) is 23.5 Å². The Morgan fingerprint density at radius 3 is 2.17 bits per heavy atom. The van der Waals surface area contributed by atoms with E-state index in [9.17, 15) is 0 Å². The molecule has 0 saturated heterocycles. The maximum Gasteiger partial charge on any atom is 0.170 e. The molecule has 1 heterocycles. The minimum Gasteiger partial charge on any atom is -0.494 e. The van der Waals surface area contributed by atoms with Gasteiger partial charge in [-0.15, -0.1) is 11.3 Å². The third kappa shape index (κ3) is 8.56. The van der Waals surface area contributed by atoms with Crippen molar-refractivity contribution < 1.29 is 14.7 Å². The van der Waals surface area contributed by atoms with E-state index in [2.05, 4.69) is 43.4 Å². The molecule has 2 aromatic carbocycles. The van der Waals surface area contributed by atoms with Crippen molar-refractivity contribution in [2.24, 2.45) is 16.8 Å². The second-order valence-electron chi connectivity index (χ2n) is 8.82. The SMILES string of the molecule is Cc1nc(-c2ccc(OCCCCCOc3ccc(/C(N)=N/O)cc3)cc2)c(CNCC(C)C)s1. The summed E-state index contributed by atoms with van der Waals surface area (Å²) in [6.07, 6.45) is 2.93. The summed E-state index contributed by atoms with van der Waals surface area (Å²) in [5.74, 6) is 2.36. The number of rotatable bonds is 14. The van der Waals surface area contributed by atoms with Gasteiger partial charge in [-0.25, -0.2) is 4.98 Å². The van der Waals surface area contributed by atoms with Gasteiger partial charge in [-0.05, 0) is 87.2 Å². The van der Waals surface area contributed by atoms with E-state index in [0.717, 1.165) is 60.1 Å².